The first-order chi connectivity index (χ1) is 12.5. The molecule has 5 nitrogen and oxygen atoms in total. The maximum Gasteiger partial charge on any atom is 0.191 e. The molecule has 0 saturated carbocycles. The lowest BCUT2D eigenvalue weighted by Gasteiger charge is -2.45. The maximum absolute atomic E-state index is 10.00. The Morgan fingerprint density at radius 1 is 1.31 bits per heavy atom. The predicted molar refractivity (Wildman–Crippen MR) is 101 cm³/mol. The van der Waals surface area contributed by atoms with E-state index in [2.05, 4.69) is 46.0 Å². The highest BCUT2D eigenvalue weighted by molar-refractivity contribution is 9.10. The van der Waals surface area contributed by atoms with Gasteiger partial charge in [0.25, 0.3) is 0 Å². The Labute approximate surface area is 161 Å². The van der Waals surface area contributed by atoms with E-state index in [9.17, 15) is 15.8 Å². The highest BCUT2D eigenvalue weighted by Crippen LogP contribution is 2.54. The van der Waals surface area contributed by atoms with Gasteiger partial charge in [0.05, 0.1) is 23.4 Å². The van der Waals surface area contributed by atoms with Crippen LogP contribution in [0.15, 0.2) is 51.7 Å². The summed E-state index contributed by atoms with van der Waals surface area (Å²) >= 11 is 3.48. The predicted octanol–water partition coefficient (Wildman–Crippen LogP) is 3.19. The van der Waals surface area contributed by atoms with Crippen molar-refractivity contribution < 1.29 is 0 Å². The van der Waals surface area contributed by atoms with E-state index in [1.54, 1.807) is 0 Å². The average Bonchev–Trinajstić information content (AvgIpc) is 2.66. The largest absolute Gasteiger partial charge is 0.399 e. The van der Waals surface area contributed by atoms with Gasteiger partial charge < -0.3 is 5.73 Å². The zero-order valence-corrected chi connectivity index (χ0v) is 16.0. The van der Waals surface area contributed by atoms with Gasteiger partial charge in [-0.05, 0) is 29.8 Å². The zero-order valence-electron chi connectivity index (χ0n) is 14.4. The summed E-state index contributed by atoms with van der Waals surface area (Å²) in [6.45, 7) is 4.35. The van der Waals surface area contributed by atoms with Crippen LogP contribution in [-0.2, 0) is 0 Å². The molecule has 1 aliphatic heterocycles. The second-order valence-electron chi connectivity index (χ2n) is 6.58. The molecule has 26 heavy (non-hydrogen) atoms. The van der Waals surface area contributed by atoms with Crippen molar-refractivity contribution in [2.75, 3.05) is 19.6 Å². The molecule has 0 radical (unpaired) electrons. The Bertz CT molecular complexity index is 911. The molecule has 0 amide bonds. The smallest absolute Gasteiger partial charge is 0.191 e. The van der Waals surface area contributed by atoms with Gasteiger partial charge >= 0.3 is 0 Å². The molecule has 1 heterocycles. The summed E-state index contributed by atoms with van der Waals surface area (Å²) in [5, 5.41) is 29.7. The number of nitriles is 3. The summed E-state index contributed by atoms with van der Waals surface area (Å²) in [4.78, 5) is 2.25. The second-order valence-corrected chi connectivity index (χ2v) is 7.50. The number of nitrogens with zero attached hydrogens (tertiary/aromatic N) is 4. The van der Waals surface area contributed by atoms with E-state index >= 15 is 0 Å². The van der Waals surface area contributed by atoms with Gasteiger partial charge in [-0.15, -0.1) is 0 Å². The molecule has 3 rings (SSSR count). The monoisotopic (exact) mass is 407 g/mol. The minimum Gasteiger partial charge on any atom is -0.399 e. The third-order valence-corrected chi connectivity index (χ3v) is 5.89. The molecule has 130 valence electrons. The number of allylic oxidation sites excluding steroid dienone is 2. The van der Waals surface area contributed by atoms with Crippen LogP contribution >= 0.6 is 15.9 Å². The van der Waals surface area contributed by atoms with Crippen LogP contribution in [0, 0.1) is 45.3 Å². The fraction of sp³-hybridized carbons (Fsp3) is 0.350. The van der Waals surface area contributed by atoms with E-state index in [1.165, 1.54) is 0 Å². The van der Waals surface area contributed by atoms with E-state index in [-0.39, 0.29) is 11.6 Å². The summed E-state index contributed by atoms with van der Waals surface area (Å²) in [6, 6.07) is 14.1. The third-order valence-electron chi connectivity index (χ3n) is 5.40. The van der Waals surface area contributed by atoms with Crippen LogP contribution in [0.1, 0.15) is 18.4 Å². The maximum atomic E-state index is 10.00. The Morgan fingerprint density at radius 2 is 2.04 bits per heavy atom. The number of benzene rings is 1. The van der Waals surface area contributed by atoms with Crippen LogP contribution in [0.2, 0.25) is 0 Å². The molecule has 1 aliphatic carbocycles. The van der Waals surface area contributed by atoms with Gasteiger partial charge in [-0.25, -0.2) is 0 Å². The number of hydrogen-bond donors (Lipinski definition) is 1. The van der Waals surface area contributed by atoms with Crippen molar-refractivity contribution in [3.05, 3.63) is 57.2 Å². The number of fused-ring (bicyclic) bond motifs is 1. The molecule has 0 bridgehead atoms. The number of nitrogens with two attached hydrogens (primary N) is 1. The molecule has 2 aliphatic rings. The van der Waals surface area contributed by atoms with Crippen LogP contribution in [0.5, 0.6) is 0 Å². The highest BCUT2D eigenvalue weighted by Gasteiger charge is 2.54. The molecule has 0 unspecified atom stereocenters. The van der Waals surface area contributed by atoms with Gasteiger partial charge in [0.1, 0.15) is 6.07 Å². The summed E-state index contributed by atoms with van der Waals surface area (Å²) in [5.41, 5.74) is 6.81. The highest BCUT2D eigenvalue weighted by atomic mass is 79.9. The van der Waals surface area contributed by atoms with Crippen LogP contribution in [-0.4, -0.2) is 24.5 Å². The number of likely N-dealkylation sites (N-methyl/N-ethyl adjacent to an activating group) is 1. The van der Waals surface area contributed by atoms with E-state index in [1.807, 2.05) is 30.3 Å². The van der Waals surface area contributed by atoms with Gasteiger partial charge in [-0.3, -0.25) is 4.90 Å². The van der Waals surface area contributed by atoms with E-state index in [4.69, 9.17) is 5.73 Å². The summed E-state index contributed by atoms with van der Waals surface area (Å²) < 4.78 is 0.877. The summed E-state index contributed by atoms with van der Waals surface area (Å²) in [6.07, 6.45) is 2.02. The molecule has 0 spiro atoms. The first-order valence-electron chi connectivity index (χ1n) is 8.43. The van der Waals surface area contributed by atoms with Crippen molar-refractivity contribution in [1.29, 1.82) is 15.8 Å². The lowest BCUT2D eigenvalue weighted by Crippen LogP contribution is -2.48. The number of rotatable bonds is 2. The Kier molecular flexibility index (Phi) is 4.88. The van der Waals surface area contributed by atoms with Crippen molar-refractivity contribution in [2.24, 2.45) is 17.1 Å². The normalized spacial score (nSPS) is 24.7. The van der Waals surface area contributed by atoms with Crippen molar-refractivity contribution in [3.8, 4) is 18.2 Å². The molecule has 1 aromatic carbocycles. The number of halogens is 1. The van der Waals surface area contributed by atoms with Gasteiger partial charge in [0.15, 0.2) is 5.41 Å². The van der Waals surface area contributed by atoms with E-state index in [0.717, 1.165) is 28.7 Å². The Hall–Kier alpha value is -2.59. The Morgan fingerprint density at radius 3 is 2.62 bits per heavy atom. The Balaban J connectivity index is 2.32. The van der Waals surface area contributed by atoms with E-state index in [0.29, 0.717) is 12.1 Å². The molecule has 0 fully saturated rings. The third kappa shape index (κ3) is 2.61. The van der Waals surface area contributed by atoms with E-state index < -0.39 is 11.3 Å². The minimum absolute atomic E-state index is 0.0717. The lowest BCUT2D eigenvalue weighted by molar-refractivity contribution is 0.214. The van der Waals surface area contributed by atoms with Crippen molar-refractivity contribution in [2.45, 2.75) is 12.8 Å². The molecule has 0 saturated heterocycles. The lowest BCUT2D eigenvalue weighted by atomic mass is 9.58. The summed E-state index contributed by atoms with van der Waals surface area (Å²) in [5.74, 6) is -0.577. The van der Waals surface area contributed by atoms with Crippen LogP contribution in [0.3, 0.4) is 0 Å². The van der Waals surface area contributed by atoms with Crippen LogP contribution < -0.4 is 5.73 Å². The molecule has 1 aromatic rings. The topological polar surface area (TPSA) is 101 Å². The van der Waals surface area contributed by atoms with Gasteiger partial charge in [0.2, 0.25) is 0 Å². The van der Waals surface area contributed by atoms with Gasteiger partial charge in [0, 0.05) is 29.4 Å². The fourth-order valence-electron chi connectivity index (χ4n) is 4.07. The second kappa shape index (κ2) is 6.96. The number of hydrogen-bond acceptors (Lipinski definition) is 5. The fourth-order valence-corrected chi connectivity index (χ4v) is 4.49. The zero-order chi connectivity index (χ0) is 18.9. The molecule has 0 aromatic heterocycles. The van der Waals surface area contributed by atoms with Gasteiger partial charge in [-0.2, -0.15) is 15.8 Å². The van der Waals surface area contributed by atoms with Crippen LogP contribution in [0.25, 0.3) is 0 Å². The van der Waals surface area contributed by atoms with Crippen molar-refractivity contribution >= 4 is 15.9 Å². The molecule has 6 heteroatoms. The SMILES string of the molecule is CCN1CC=C2C(C#N)=C(N)C(C#N)(C#N)[C@H](c3cccc(Br)c3)[C@@H]2C1. The standard InChI is InChI=1S/C20H18BrN5/c1-2-26-7-6-15-16(9-22)19(25)20(11-23,12-24)18(17(15)10-26)13-4-3-5-14(21)8-13/h3-6,8,17-18H,2,7,10,25H2,1H3/t17-,18-/m1/s1. The van der Waals surface area contributed by atoms with Crippen LogP contribution in [0.4, 0.5) is 0 Å². The first kappa shape index (κ1) is 18.2. The first-order valence-corrected chi connectivity index (χ1v) is 9.22. The van der Waals surface area contributed by atoms with Gasteiger partial charge in [-0.1, -0.05) is 41.1 Å². The quantitative estimate of drug-likeness (QED) is 0.810. The minimum atomic E-state index is -1.56. The average molecular weight is 408 g/mol. The van der Waals surface area contributed by atoms with Crippen molar-refractivity contribution in [1.82, 2.24) is 4.90 Å². The molecule has 2 N–H and O–H groups in total. The molecular weight excluding hydrogens is 390 g/mol. The van der Waals surface area contributed by atoms with Crippen molar-refractivity contribution in [3.63, 3.8) is 0 Å². The molecule has 2 atom stereocenters. The summed E-state index contributed by atoms with van der Waals surface area (Å²) in [7, 11) is 0. The molecular formula is C20H18BrN5.